The van der Waals surface area contributed by atoms with Crippen molar-refractivity contribution in [1.29, 1.82) is 0 Å². The highest BCUT2D eigenvalue weighted by Crippen LogP contribution is 2.35. The lowest BCUT2D eigenvalue weighted by Crippen LogP contribution is -2.58. The molecule has 178 valence electrons. The lowest BCUT2D eigenvalue weighted by molar-refractivity contribution is -0.132. The molecule has 2 atom stereocenters. The minimum absolute atomic E-state index is 0.0492. The van der Waals surface area contributed by atoms with Gasteiger partial charge in [0.1, 0.15) is 29.8 Å². The smallest absolute Gasteiger partial charge is 0.223 e. The number of likely N-dealkylation sites (tertiary alicyclic amines) is 1. The van der Waals surface area contributed by atoms with E-state index in [2.05, 4.69) is 33.0 Å². The van der Waals surface area contributed by atoms with E-state index in [1.165, 1.54) is 0 Å². The molecule has 3 aliphatic heterocycles. The van der Waals surface area contributed by atoms with Gasteiger partial charge < -0.3 is 29.2 Å². The Labute approximate surface area is 191 Å². The quantitative estimate of drug-likeness (QED) is 0.750. The molecule has 7 nitrogen and oxygen atoms in total. The summed E-state index contributed by atoms with van der Waals surface area (Å²) < 4.78 is 23.5. The highest BCUT2D eigenvalue weighted by Gasteiger charge is 2.42. The number of nitrogens with zero attached hydrogens (tertiary/aromatic N) is 1. The first-order chi connectivity index (χ1) is 15.1. The van der Waals surface area contributed by atoms with Gasteiger partial charge in [-0.15, -0.1) is 0 Å². The Hall–Kier alpha value is -1.83. The molecule has 1 aromatic rings. The third-order valence-corrected chi connectivity index (χ3v) is 6.64. The average molecular weight is 447 g/mol. The molecule has 3 aliphatic rings. The summed E-state index contributed by atoms with van der Waals surface area (Å²) in [7, 11) is 1.64. The van der Waals surface area contributed by atoms with Gasteiger partial charge in [0.2, 0.25) is 5.91 Å². The number of amides is 1. The van der Waals surface area contributed by atoms with Crippen molar-refractivity contribution in [2.45, 2.75) is 76.3 Å². The van der Waals surface area contributed by atoms with E-state index in [1.807, 2.05) is 29.2 Å². The van der Waals surface area contributed by atoms with Gasteiger partial charge in [0, 0.05) is 36.7 Å². The number of hydrogen-bond acceptors (Lipinski definition) is 6. The number of rotatable bonds is 5. The minimum atomic E-state index is -0.184. The maximum Gasteiger partial charge on any atom is 0.223 e. The average Bonchev–Trinajstić information content (AvgIpc) is 3.02. The SMILES string of the molecule is COc1cccc(OC2CO[C@H]3CN(C(=O)CC4CC(C)(C)NC(C)(C)C4)C[C@@H]3OC2)c1. The molecule has 3 fully saturated rings. The summed E-state index contributed by atoms with van der Waals surface area (Å²) in [5.41, 5.74) is 0.0984. The van der Waals surface area contributed by atoms with Gasteiger partial charge in [-0.1, -0.05) is 6.07 Å². The molecule has 1 N–H and O–H groups in total. The van der Waals surface area contributed by atoms with E-state index in [9.17, 15) is 4.79 Å². The van der Waals surface area contributed by atoms with Crippen LogP contribution >= 0.6 is 0 Å². The zero-order valence-corrected chi connectivity index (χ0v) is 20.1. The van der Waals surface area contributed by atoms with Gasteiger partial charge >= 0.3 is 0 Å². The van der Waals surface area contributed by atoms with Crippen LogP contribution in [0, 0.1) is 5.92 Å². The number of benzene rings is 1. The van der Waals surface area contributed by atoms with Crippen molar-refractivity contribution in [2.75, 3.05) is 33.4 Å². The van der Waals surface area contributed by atoms with Gasteiger partial charge in [-0.25, -0.2) is 0 Å². The summed E-state index contributed by atoms with van der Waals surface area (Å²) in [4.78, 5) is 15.0. The molecule has 0 spiro atoms. The molecule has 3 saturated heterocycles. The third kappa shape index (κ3) is 5.74. The Balaban J connectivity index is 1.28. The number of nitrogens with one attached hydrogen (secondary N) is 1. The lowest BCUT2D eigenvalue weighted by Gasteiger charge is -2.46. The normalized spacial score (nSPS) is 28.1. The molecule has 3 heterocycles. The number of fused-ring (bicyclic) bond motifs is 1. The van der Waals surface area contributed by atoms with E-state index in [4.69, 9.17) is 18.9 Å². The fraction of sp³-hybridized carbons (Fsp3) is 0.720. The predicted octanol–water partition coefficient (Wildman–Crippen LogP) is 3.02. The second-order valence-corrected chi connectivity index (χ2v) is 10.8. The number of hydrogen-bond donors (Lipinski definition) is 1. The molecule has 1 aromatic carbocycles. The van der Waals surface area contributed by atoms with Crippen molar-refractivity contribution in [3.8, 4) is 11.5 Å². The van der Waals surface area contributed by atoms with Crippen LogP contribution in [0.25, 0.3) is 0 Å². The molecule has 0 saturated carbocycles. The maximum atomic E-state index is 13.1. The van der Waals surface area contributed by atoms with Crippen molar-refractivity contribution >= 4 is 5.91 Å². The van der Waals surface area contributed by atoms with Crippen LogP contribution in [0.4, 0.5) is 0 Å². The Morgan fingerprint density at radius 2 is 1.66 bits per heavy atom. The van der Waals surface area contributed by atoms with Crippen LogP contribution in [0.15, 0.2) is 24.3 Å². The maximum absolute atomic E-state index is 13.1. The Morgan fingerprint density at radius 3 is 2.25 bits per heavy atom. The number of ether oxygens (including phenoxy) is 4. The van der Waals surface area contributed by atoms with E-state index in [1.54, 1.807) is 7.11 Å². The molecule has 7 heteroatoms. The van der Waals surface area contributed by atoms with Gasteiger partial charge in [-0.05, 0) is 58.6 Å². The molecule has 1 amide bonds. The predicted molar refractivity (Wildman–Crippen MR) is 122 cm³/mol. The van der Waals surface area contributed by atoms with Crippen LogP contribution < -0.4 is 14.8 Å². The highest BCUT2D eigenvalue weighted by molar-refractivity contribution is 5.77. The van der Waals surface area contributed by atoms with Crippen LogP contribution in [0.1, 0.15) is 47.0 Å². The van der Waals surface area contributed by atoms with E-state index in [0.717, 1.165) is 24.3 Å². The van der Waals surface area contributed by atoms with Crippen LogP contribution in [0.5, 0.6) is 11.5 Å². The first-order valence-corrected chi connectivity index (χ1v) is 11.7. The Morgan fingerprint density at radius 1 is 1.06 bits per heavy atom. The first kappa shape index (κ1) is 23.3. The van der Waals surface area contributed by atoms with E-state index in [0.29, 0.717) is 38.6 Å². The Kier molecular flexibility index (Phi) is 6.71. The molecular formula is C25H38N2O5. The summed E-state index contributed by atoms with van der Waals surface area (Å²) in [6, 6.07) is 7.54. The second-order valence-electron chi connectivity index (χ2n) is 10.8. The van der Waals surface area contributed by atoms with E-state index in [-0.39, 0.29) is 35.3 Å². The van der Waals surface area contributed by atoms with Crippen molar-refractivity contribution in [3.05, 3.63) is 24.3 Å². The van der Waals surface area contributed by atoms with Crippen LogP contribution in [-0.2, 0) is 14.3 Å². The zero-order chi connectivity index (χ0) is 22.9. The van der Waals surface area contributed by atoms with Crippen LogP contribution in [-0.4, -0.2) is 73.6 Å². The number of carbonyl (C=O) groups excluding carboxylic acids is 1. The van der Waals surface area contributed by atoms with E-state index < -0.39 is 0 Å². The van der Waals surface area contributed by atoms with Crippen LogP contribution in [0.3, 0.4) is 0 Å². The molecule has 0 bridgehead atoms. The van der Waals surface area contributed by atoms with Gasteiger partial charge in [0.05, 0.1) is 20.3 Å². The molecule has 4 rings (SSSR count). The standard InChI is InChI=1S/C25H38N2O5/c1-24(2)11-17(12-25(3,4)26-24)9-23(28)27-13-21-22(14-27)31-16-20(15-30-21)32-19-8-6-7-18(10-19)29-5/h6-8,10,17,20-22,26H,9,11-16H2,1-5H3/t21-,22-/m0/s1. The van der Waals surface area contributed by atoms with Gasteiger partial charge in [0.25, 0.3) is 0 Å². The van der Waals surface area contributed by atoms with Crippen molar-refractivity contribution in [1.82, 2.24) is 10.2 Å². The lowest BCUT2D eigenvalue weighted by atomic mass is 9.74. The number of carbonyl (C=O) groups is 1. The zero-order valence-electron chi connectivity index (χ0n) is 20.1. The summed E-state index contributed by atoms with van der Waals surface area (Å²) in [5.74, 6) is 2.09. The molecule has 0 aliphatic carbocycles. The third-order valence-electron chi connectivity index (χ3n) is 6.64. The highest BCUT2D eigenvalue weighted by atomic mass is 16.6. The van der Waals surface area contributed by atoms with Crippen molar-refractivity contribution in [2.24, 2.45) is 5.92 Å². The van der Waals surface area contributed by atoms with Crippen molar-refractivity contribution < 1.29 is 23.7 Å². The largest absolute Gasteiger partial charge is 0.497 e. The summed E-state index contributed by atoms with van der Waals surface area (Å²) >= 11 is 0. The van der Waals surface area contributed by atoms with Crippen molar-refractivity contribution in [3.63, 3.8) is 0 Å². The minimum Gasteiger partial charge on any atom is -0.497 e. The fourth-order valence-corrected chi connectivity index (χ4v) is 5.77. The second kappa shape index (κ2) is 9.20. The number of piperidine rings is 1. The first-order valence-electron chi connectivity index (χ1n) is 11.7. The molecule has 0 unspecified atom stereocenters. The Bertz CT molecular complexity index is 779. The summed E-state index contributed by atoms with van der Waals surface area (Å²) in [5, 5.41) is 3.70. The van der Waals surface area contributed by atoms with Gasteiger partial charge in [-0.3, -0.25) is 4.79 Å². The van der Waals surface area contributed by atoms with Crippen LogP contribution in [0.2, 0.25) is 0 Å². The summed E-state index contributed by atoms with van der Waals surface area (Å²) in [6.45, 7) is 11.0. The molecule has 0 aromatic heterocycles. The topological polar surface area (TPSA) is 69.3 Å². The summed E-state index contributed by atoms with van der Waals surface area (Å²) in [6.07, 6.45) is 2.24. The van der Waals surface area contributed by atoms with Gasteiger partial charge in [0.15, 0.2) is 0 Å². The molecule has 32 heavy (non-hydrogen) atoms. The molecule has 0 radical (unpaired) electrons. The number of methoxy groups -OCH3 is 1. The van der Waals surface area contributed by atoms with Gasteiger partial charge in [-0.2, -0.15) is 0 Å². The molecular weight excluding hydrogens is 408 g/mol. The van der Waals surface area contributed by atoms with E-state index >= 15 is 0 Å². The fourth-order valence-electron chi connectivity index (χ4n) is 5.77. The monoisotopic (exact) mass is 446 g/mol.